The number of amides is 1. The number of hydrogen-bond acceptors (Lipinski definition) is 7. The van der Waals surface area contributed by atoms with Gasteiger partial charge in [0.25, 0.3) is 5.91 Å². The molecule has 0 spiro atoms. The summed E-state index contributed by atoms with van der Waals surface area (Å²) in [6.07, 6.45) is 5.57. The minimum absolute atomic E-state index is 0.210. The molecule has 10 heteroatoms. The number of anilines is 1. The zero-order valence-electron chi connectivity index (χ0n) is 19.3. The van der Waals surface area contributed by atoms with Gasteiger partial charge in [0.05, 0.1) is 35.3 Å². The Hall–Kier alpha value is -4.31. The van der Waals surface area contributed by atoms with E-state index in [-0.39, 0.29) is 11.5 Å². The number of hydrogen-bond donors (Lipinski definition) is 3. The summed E-state index contributed by atoms with van der Waals surface area (Å²) in [6.45, 7) is 1.89. The van der Waals surface area contributed by atoms with Gasteiger partial charge in [0, 0.05) is 37.5 Å². The number of carboxylic acids is 1. The molecule has 182 valence electrons. The summed E-state index contributed by atoms with van der Waals surface area (Å²) < 4.78 is 5.65. The Balaban J connectivity index is 1.09. The second-order valence-corrected chi connectivity index (χ2v) is 9.17. The molecular formula is C26H24N6O4. The van der Waals surface area contributed by atoms with Crippen molar-refractivity contribution in [1.82, 2.24) is 25.3 Å². The number of aromatic carboxylic acids is 1. The van der Waals surface area contributed by atoms with E-state index >= 15 is 0 Å². The van der Waals surface area contributed by atoms with Crippen LogP contribution in [-0.4, -0.2) is 62.2 Å². The summed E-state index contributed by atoms with van der Waals surface area (Å²) in [5, 5.41) is 11.9. The molecule has 2 saturated heterocycles. The van der Waals surface area contributed by atoms with Gasteiger partial charge in [-0.2, -0.15) is 0 Å². The molecular weight excluding hydrogens is 460 g/mol. The van der Waals surface area contributed by atoms with Crippen LogP contribution >= 0.6 is 0 Å². The van der Waals surface area contributed by atoms with Gasteiger partial charge in [0.1, 0.15) is 5.82 Å². The molecule has 0 radical (unpaired) electrons. The summed E-state index contributed by atoms with van der Waals surface area (Å²) in [4.78, 5) is 42.9. The van der Waals surface area contributed by atoms with Crippen LogP contribution in [0.25, 0.3) is 11.0 Å². The standard InChI is InChI=1S/C26H24N6O4/c33-24(27-10-15-1-3-17(4-2-15)25(34)35)18-5-6-21-22(8-18)31-23(30-21)7-16-11-28-26(29-12-16)32-13-20-9-19(32)14-36-20/h1-6,8,11-12,19-20H,7,9-10,13-14H2,(H,27,33)(H,30,31)(H,34,35). The second-order valence-electron chi connectivity index (χ2n) is 9.17. The zero-order chi connectivity index (χ0) is 24.6. The number of aromatic amines is 1. The maximum absolute atomic E-state index is 12.7. The third kappa shape index (κ3) is 4.38. The molecule has 2 fully saturated rings. The number of nitrogens with one attached hydrogen (secondary N) is 2. The lowest BCUT2D eigenvalue weighted by molar-refractivity contribution is 0.0696. The average molecular weight is 485 g/mol. The number of ether oxygens (including phenoxy) is 1. The fourth-order valence-corrected chi connectivity index (χ4v) is 4.76. The van der Waals surface area contributed by atoms with Gasteiger partial charge in [-0.05, 0) is 47.9 Å². The molecule has 2 aromatic heterocycles. The molecule has 2 aromatic carbocycles. The lowest BCUT2D eigenvalue weighted by Crippen LogP contribution is -2.38. The average Bonchev–Trinajstić information content (AvgIpc) is 3.63. The highest BCUT2D eigenvalue weighted by Crippen LogP contribution is 2.30. The van der Waals surface area contributed by atoms with Crippen LogP contribution in [0.1, 0.15) is 44.1 Å². The molecule has 3 N–H and O–H groups in total. The van der Waals surface area contributed by atoms with Crippen molar-refractivity contribution in [3.8, 4) is 0 Å². The van der Waals surface area contributed by atoms with Gasteiger partial charge < -0.3 is 25.0 Å². The molecule has 2 aliphatic rings. The van der Waals surface area contributed by atoms with Crippen LogP contribution < -0.4 is 10.2 Å². The molecule has 2 atom stereocenters. The normalized spacial score (nSPS) is 18.6. The second kappa shape index (κ2) is 9.04. The number of fused-ring (bicyclic) bond motifs is 3. The van der Waals surface area contributed by atoms with Crippen molar-refractivity contribution in [3.63, 3.8) is 0 Å². The van der Waals surface area contributed by atoms with Gasteiger partial charge >= 0.3 is 5.97 Å². The largest absolute Gasteiger partial charge is 0.478 e. The fourth-order valence-electron chi connectivity index (χ4n) is 4.76. The van der Waals surface area contributed by atoms with Crippen molar-refractivity contribution >= 4 is 28.9 Å². The first kappa shape index (κ1) is 22.2. The van der Waals surface area contributed by atoms with Crippen molar-refractivity contribution in [2.75, 3.05) is 18.1 Å². The van der Waals surface area contributed by atoms with Crippen LogP contribution in [-0.2, 0) is 17.7 Å². The number of benzene rings is 2. The first-order valence-electron chi connectivity index (χ1n) is 11.8. The third-order valence-corrected chi connectivity index (χ3v) is 6.67. The number of carboxylic acid groups (broad SMARTS) is 1. The summed E-state index contributed by atoms with van der Waals surface area (Å²) in [6, 6.07) is 12.1. The fraction of sp³-hybridized carbons (Fsp3) is 0.269. The number of imidazole rings is 1. The van der Waals surface area contributed by atoms with Gasteiger partial charge in [-0.15, -0.1) is 0 Å². The van der Waals surface area contributed by atoms with E-state index in [4.69, 9.17) is 9.84 Å². The predicted octanol–water partition coefficient (Wildman–Crippen LogP) is 2.55. The smallest absolute Gasteiger partial charge is 0.335 e. The van der Waals surface area contributed by atoms with Crippen molar-refractivity contribution < 1.29 is 19.4 Å². The molecule has 1 amide bonds. The Kier molecular flexibility index (Phi) is 5.57. The quantitative estimate of drug-likeness (QED) is 0.365. The highest BCUT2D eigenvalue weighted by molar-refractivity contribution is 5.97. The van der Waals surface area contributed by atoms with Gasteiger partial charge in [0.15, 0.2) is 0 Å². The van der Waals surface area contributed by atoms with E-state index in [1.54, 1.807) is 24.3 Å². The Bertz CT molecular complexity index is 1430. The van der Waals surface area contributed by atoms with Crippen molar-refractivity contribution in [2.24, 2.45) is 0 Å². The highest BCUT2D eigenvalue weighted by Gasteiger charge is 2.40. The third-order valence-electron chi connectivity index (χ3n) is 6.67. The van der Waals surface area contributed by atoms with Crippen molar-refractivity contribution in [2.45, 2.75) is 31.5 Å². The van der Waals surface area contributed by atoms with Crippen LogP contribution in [0, 0.1) is 0 Å². The number of carbonyl (C=O) groups is 2. The number of H-pyrrole nitrogens is 1. The number of nitrogens with zero attached hydrogens (tertiary/aromatic N) is 4. The molecule has 0 aliphatic carbocycles. The number of carbonyl (C=O) groups excluding carboxylic acids is 1. The van der Waals surface area contributed by atoms with E-state index < -0.39 is 5.97 Å². The van der Waals surface area contributed by atoms with Crippen LogP contribution in [0.4, 0.5) is 5.95 Å². The van der Waals surface area contributed by atoms with Crippen molar-refractivity contribution in [1.29, 1.82) is 0 Å². The predicted molar refractivity (Wildman–Crippen MR) is 131 cm³/mol. The molecule has 2 aliphatic heterocycles. The number of aromatic nitrogens is 4. The summed E-state index contributed by atoms with van der Waals surface area (Å²) in [5.41, 5.74) is 4.03. The molecule has 4 aromatic rings. The summed E-state index contributed by atoms with van der Waals surface area (Å²) in [5.74, 6) is 0.311. The van der Waals surface area contributed by atoms with E-state index in [1.807, 2.05) is 18.5 Å². The SMILES string of the molecule is O=C(O)c1ccc(CNC(=O)c2ccc3nc(Cc4cnc(N5CC6CC5CO6)nc4)[nH]c3c2)cc1. The van der Waals surface area contributed by atoms with Gasteiger partial charge in [-0.25, -0.2) is 19.7 Å². The lowest BCUT2D eigenvalue weighted by Gasteiger charge is -2.26. The summed E-state index contributed by atoms with van der Waals surface area (Å²) in [7, 11) is 0. The lowest BCUT2D eigenvalue weighted by atomic mass is 10.1. The first-order chi connectivity index (χ1) is 17.5. The molecule has 4 heterocycles. The van der Waals surface area contributed by atoms with Crippen molar-refractivity contribution in [3.05, 3.63) is 82.9 Å². The molecule has 0 saturated carbocycles. The zero-order valence-corrected chi connectivity index (χ0v) is 19.3. The van der Waals surface area contributed by atoms with Crippen LogP contribution in [0.15, 0.2) is 54.9 Å². The maximum Gasteiger partial charge on any atom is 0.335 e. The Morgan fingerprint density at radius 1 is 1.08 bits per heavy atom. The maximum atomic E-state index is 12.7. The Morgan fingerprint density at radius 3 is 2.56 bits per heavy atom. The van der Waals surface area contributed by atoms with Crippen LogP contribution in [0.3, 0.4) is 0 Å². The highest BCUT2D eigenvalue weighted by atomic mass is 16.5. The number of morpholine rings is 1. The van der Waals surface area contributed by atoms with Gasteiger partial charge in [-0.3, -0.25) is 4.79 Å². The van der Waals surface area contributed by atoms with E-state index in [2.05, 4.69) is 30.2 Å². The molecule has 6 rings (SSSR count). The Labute approximate surface area is 206 Å². The molecule has 2 unspecified atom stereocenters. The van der Waals surface area contributed by atoms with E-state index in [9.17, 15) is 9.59 Å². The molecule has 36 heavy (non-hydrogen) atoms. The Morgan fingerprint density at radius 2 is 1.86 bits per heavy atom. The van der Waals surface area contributed by atoms with Crippen LogP contribution in [0.5, 0.6) is 0 Å². The summed E-state index contributed by atoms with van der Waals surface area (Å²) >= 11 is 0. The van der Waals surface area contributed by atoms with Gasteiger partial charge in [-0.1, -0.05) is 12.1 Å². The molecule has 10 nitrogen and oxygen atoms in total. The van der Waals surface area contributed by atoms with E-state index in [1.165, 1.54) is 12.1 Å². The minimum atomic E-state index is -0.980. The van der Waals surface area contributed by atoms with Gasteiger partial charge in [0.2, 0.25) is 5.95 Å². The number of rotatable bonds is 7. The van der Waals surface area contributed by atoms with E-state index in [0.29, 0.717) is 30.7 Å². The topological polar surface area (TPSA) is 133 Å². The van der Waals surface area contributed by atoms with Crippen LogP contribution in [0.2, 0.25) is 0 Å². The minimum Gasteiger partial charge on any atom is -0.478 e. The first-order valence-corrected chi connectivity index (χ1v) is 11.8. The monoisotopic (exact) mass is 484 g/mol. The molecule has 2 bridgehead atoms. The van der Waals surface area contributed by atoms with E-state index in [0.717, 1.165) is 53.5 Å².